The average Bonchev–Trinajstić information content (AvgIpc) is 3.08. The van der Waals surface area contributed by atoms with Gasteiger partial charge in [0.25, 0.3) is 0 Å². The summed E-state index contributed by atoms with van der Waals surface area (Å²) in [6.45, 7) is 5.84. The highest BCUT2D eigenvalue weighted by Crippen LogP contribution is 2.35. The first-order chi connectivity index (χ1) is 8.24. The number of nitrogens with one attached hydrogen (secondary N) is 2. The molecule has 1 aliphatic carbocycles. The number of nitrogens with zero attached hydrogens (tertiary/aromatic N) is 2. The Hall–Kier alpha value is -1.16. The molecule has 1 heterocycles. The van der Waals surface area contributed by atoms with Crippen molar-refractivity contribution in [1.82, 2.24) is 15.3 Å². The van der Waals surface area contributed by atoms with Crippen LogP contribution in [0.1, 0.15) is 36.8 Å². The van der Waals surface area contributed by atoms with Crippen LogP contribution >= 0.6 is 0 Å². The maximum Gasteiger partial charge on any atom is 0.144 e. The first kappa shape index (κ1) is 12.3. The SMILES string of the molecule is CCNc1nc(CNC)nc(C)c1CC1CC1. The van der Waals surface area contributed by atoms with Crippen molar-refractivity contribution in [3.8, 4) is 0 Å². The van der Waals surface area contributed by atoms with Gasteiger partial charge in [-0.15, -0.1) is 0 Å². The second-order valence-corrected chi connectivity index (χ2v) is 4.76. The highest BCUT2D eigenvalue weighted by molar-refractivity contribution is 5.47. The van der Waals surface area contributed by atoms with Gasteiger partial charge < -0.3 is 10.6 Å². The minimum atomic E-state index is 0.725. The van der Waals surface area contributed by atoms with Gasteiger partial charge in [-0.3, -0.25) is 0 Å². The molecule has 4 nitrogen and oxygen atoms in total. The lowest BCUT2D eigenvalue weighted by Gasteiger charge is -2.13. The van der Waals surface area contributed by atoms with Crippen molar-refractivity contribution in [1.29, 1.82) is 0 Å². The summed E-state index contributed by atoms with van der Waals surface area (Å²) in [5.74, 6) is 2.78. The summed E-state index contributed by atoms with van der Waals surface area (Å²) in [6, 6.07) is 0. The topological polar surface area (TPSA) is 49.8 Å². The predicted molar refractivity (Wildman–Crippen MR) is 70.1 cm³/mol. The lowest BCUT2D eigenvalue weighted by Crippen LogP contribution is -2.14. The Kier molecular flexibility index (Phi) is 3.94. The van der Waals surface area contributed by atoms with E-state index in [2.05, 4.69) is 34.4 Å². The third-order valence-corrected chi connectivity index (χ3v) is 3.13. The molecule has 94 valence electrons. The monoisotopic (exact) mass is 234 g/mol. The average molecular weight is 234 g/mol. The Labute approximate surface area is 103 Å². The first-order valence-corrected chi connectivity index (χ1v) is 6.49. The van der Waals surface area contributed by atoms with Crippen LogP contribution < -0.4 is 10.6 Å². The molecule has 0 aliphatic heterocycles. The Balaban J connectivity index is 2.26. The molecular formula is C13H22N4. The second-order valence-electron chi connectivity index (χ2n) is 4.76. The van der Waals surface area contributed by atoms with Gasteiger partial charge in [-0.1, -0.05) is 0 Å². The lowest BCUT2D eigenvalue weighted by atomic mass is 10.1. The Morgan fingerprint density at radius 2 is 2.06 bits per heavy atom. The van der Waals surface area contributed by atoms with Crippen LogP contribution in [0, 0.1) is 12.8 Å². The molecule has 1 aromatic heterocycles. The molecule has 0 saturated heterocycles. The molecule has 2 N–H and O–H groups in total. The van der Waals surface area contributed by atoms with E-state index in [1.165, 1.54) is 18.4 Å². The molecule has 1 fully saturated rings. The van der Waals surface area contributed by atoms with Crippen LogP contribution in [0.2, 0.25) is 0 Å². The van der Waals surface area contributed by atoms with E-state index in [0.717, 1.165) is 42.8 Å². The number of anilines is 1. The molecule has 1 saturated carbocycles. The largest absolute Gasteiger partial charge is 0.370 e. The molecule has 1 aromatic rings. The minimum Gasteiger partial charge on any atom is -0.370 e. The van der Waals surface area contributed by atoms with E-state index in [0.29, 0.717) is 0 Å². The van der Waals surface area contributed by atoms with E-state index in [9.17, 15) is 0 Å². The van der Waals surface area contributed by atoms with Crippen molar-refractivity contribution in [3.63, 3.8) is 0 Å². The van der Waals surface area contributed by atoms with Gasteiger partial charge in [-0.05, 0) is 46.1 Å². The number of aryl methyl sites for hydroxylation is 1. The van der Waals surface area contributed by atoms with Crippen LogP contribution in [0.5, 0.6) is 0 Å². The quantitative estimate of drug-likeness (QED) is 0.789. The van der Waals surface area contributed by atoms with Gasteiger partial charge >= 0.3 is 0 Å². The van der Waals surface area contributed by atoms with Gasteiger partial charge in [0.2, 0.25) is 0 Å². The number of hydrogen-bond acceptors (Lipinski definition) is 4. The van der Waals surface area contributed by atoms with E-state index in [1.54, 1.807) is 0 Å². The summed E-state index contributed by atoms with van der Waals surface area (Å²) < 4.78 is 0. The standard InChI is InChI=1S/C13H22N4/c1-4-15-13-11(7-10-5-6-10)9(2)16-12(17-13)8-14-3/h10,14H,4-8H2,1-3H3,(H,15,16,17). The smallest absolute Gasteiger partial charge is 0.144 e. The molecule has 0 bridgehead atoms. The van der Waals surface area contributed by atoms with Gasteiger partial charge in [0.1, 0.15) is 11.6 Å². The molecule has 0 radical (unpaired) electrons. The van der Waals surface area contributed by atoms with Crippen molar-refractivity contribution in [2.75, 3.05) is 18.9 Å². The summed E-state index contributed by atoms with van der Waals surface area (Å²) in [4.78, 5) is 9.18. The van der Waals surface area contributed by atoms with Crippen molar-refractivity contribution in [2.24, 2.45) is 5.92 Å². The molecule has 17 heavy (non-hydrogen) atoms. The number of aromatic nitrogens is 2. The van der Waals surface area contributed by atoms with Crippen molar-refractivity contribution in [2.45, 2.75) is 39.7 Å². The third kappa shape index (κ3) is 3.16. The molecule has 0 amide bonds. The van der Waals surface area contributed by atoms with E-state index in [1.807, 2.05) is 7.05 Å². The van der Waals surface area contributed by atoms with Gasteiger partial charge in [0.05, 0.1) is 6.54 Å². The van der Waals surface area contributed by atoms with E-state index < -0.39 is 0 Å². The summed E-state index contributed by atoms with van der Waals surface area (Å²) in [5, 5.41) is 6.47. The van der Waals surface area contributed by atoms with Crippen molar-refractivity contribution >= 4 is 5.82 Å². The highest BCUT2D eigenvalue weighted by Gasteiger charge is 2.24. The summed E-state index contributed by atoms with van der Waals surface area (Å²) in [7, 11) is 1.92. The zero-order chi connectivity index (χ0) is 12.3. The van der Waals surface area contributed by atoms with E-state index in [-0.39, 0.29) is 0 Å². The highest BCUT2D eigenvalue weighted by atomic mass is 15.1. The van der Waals surface area contributed by atoms with Crippen LogP contribution in [-0.4, -0.2) is 23.6 Å². The molecule has 4 heteroatoms. The van der Waals surface area contributed by atoms with Gasteiger partial charge in [-0.25, -0.2) is 9.97 Å². The van der Waals surface area contributed by atoms with Crippen LogP contribution in [0.15, 0.2) is 0 Å². The molecule has 0 unspecified atom stereocenters. The zero-order valence-electron chi connectivity index (χ0n) is 11.0. The summed E-state index contributed by atoms with van der Waals surface area (Å²) in [6.07, 6.45) is 3.86. The normalized spacial score (nSPS) is 15.0. The maximum absolute atomic E-state index is 4.61. The Bertz CT molecular complexity index is 385. The maximum atomic E-state index is 4.61. The van der Waals surface area contributed by atoms with Crippen LogP contribution in [0.4, 0.5) is 5.82 Å². The second kappa shape index (κ2) is 5.45. The molecule has 0 spiro atoms. The fourth-order valence-corrected chi connectivity index (χ4v) is 2.06. The fraction of sp³-hybridized carbons (Fsp3) is 0.692. The Morgan fingerprint density at radius 3 is 2.65 bits per heavy atom. The van der Waals surface area contributed by atoms with Crippen LogP contribution in [-0.2, 0) is 13.0 Å². The molecule has 2 rings (SSSR count). The van der Waals surface area contributed by atoms with E-state index in [4.69, 9.17) is 0 Å². The van der Waals surface area contributed by atoms with Gasteiger partial charge in [0, 0.05) is 17.8 Å². The molecule has 0 aromatic carbocycles. The van der Waals surface area contributed by atoms with E-state index >= 15 is 0 Å². The molecular weight excluding hydrogens is 212 g/mol. The molecule has 1 aliphatic rings. The first-order valence-electron chi connectivity index (χ1n) is 6.49. The number of hydrogen-bond donors (Lipinski definition) is 2. The molecule has 0 atom stereocenters. The van der Waals surface area contributed by atoms with Gasteiger partial charge in [0.15, 0.2) is 0 Å². The van der Waals surface area contributed by atoms with Crippen molar-refractivity contribution < 1.29 is 0 Å². The van der Waals surface area contributed by atoms with Crippen LogP contribution in [0.3, 0.4) is 0 Å². The fourth-order valence-electron chi connectivity index (χ4n) is 2.06. The summed E-state index contributed by atoms with van der Waals surface area (Å²) >= 11 is 0. The third-order valence-electron chi connectivity index (χ3n) is 3.13. The predicted octanol–water partition coefficient (Wildman–Crippen LogP) is 1.89. The number of rotatable bonds is 6. The Morgan fingerprint density at radius 1 is 1.29 bits per heavy atom. The minimum absolute atomic E-state index is 0.725. The summed E-state index contributed by atoms with van der Waals surface area (Å²) in [5.41, 5.74) is 2.45. The zero-order valence-corrected chi connectivity index (χ0v) is 11.0. The van der Waals surface area contributed by atoms with Crippen molar-refractivity contribution in [3.05, 3.63) is 17.1 Å². The van der Waals surface area contributed by atoms with Gasteiger partial charge in [-0.2, -0.15) is 0 Å². The lowest BCUT2D eigenvalue weighted by molar-refractivity contribution is 0.737. The van der Waals surface area contributed by atoms with Crippen LogP contribution in [0.25, 0.3) is 0 Å².